The van der Waals surface area contributed by atoms with Crippen molar-refractivity contribution in [1.82, 2.24) is 19.3 Å². The van der Waals surface area contributed by atoms with Crippen LogP contribution in [0.4, 0.5) is 0 Å². The lowest BCUT2D eigenvalue weighted by atomic mass is 10.1. The molecule has 1 aromatic rings. The van der Waals surface area contributed by atoms with Gasteiger partial charge in [-0.05, 0) is 12.3 Å². The molecule has 0 saturated carbocycles. The standard InChI is InChI=1S/C9H17N5O2S/c1-17(15,16)14-3-2-8(6-14)5-13-7-9(4-10)11-12-13/h7-8H,2-6,10H2,1H3/t8-/m0/s1. The van der Waals surface area contributed by atoms with Crippen molar-refractivity contribution in [2.75, 3.05) is 19.3 Å². The van der Waals surface area contributed by atoms with Gasteiger partial charge >= 0.3 is 0 Å². The zero-order valence-corrected chi connectivity index (χ0v) is 10.6. The molecule has 2 rings (SSSR count). The van der Waals surface area contributed by atoms with Gasteiger partial charge in [-0.3, -0.25) is 4.68 Å². The minimum atomic E-state index is -3.06. The van der Waals surface area contributed by atoms with Gasteiger partial charge in [-0.1, -0.05) is 5.21 Å². The van der Waals surface area contributed by atoms with Gasteiger partial charge < -0.3 is 5.73 Å². The largest absolute Gasteiger partial charge is 0.325 e. The molecular weight excluding hydrogens is 242 g/mol. The van der Waals surface area contributed by atoms with Crippen molar-refractivity contribution in [3.8, 4) is 0 Å². The van der Waals surface area contributed by atoms with Crippen molar-refractivity contribution < 1.29 is 8.42 Å². The van der Waals surface area contributed by atoms with E-state index in [0.29, 0.717) is 32.1 Å². The van der Waals surface area contributed by atoms with Gasteiger partial charge in [0.05, 0.1) is 11.9 Å². The van der Waals surface area contributed by atoms with Gasteiger partial charge in [0.1, 0.15) is 0 Å². The first kappa shape index (κ1) is 12.5. The van der Waals surface area contributed by atoms with Crippen LogP contribution < -0.4 is 5.73 Å². The van der Waals surface area contributed by atoms with Gasteiger partial charge in [0, 0.05) is 32.4 Å². The van der Waals surface area contributed by atoms with Crippen LogP contribution in [0.25, 0.3) is 0 Å². The van der Waals surface area contributed by atoms with E-state index in [2.05, 4.69) is 10.3 Å². The van der Waals surface area contributed by atoms with Crippen LogP contribution in [0.2, 0.25) is 0 Å². The van der Waals surface area contributed by atoms with E-state index < -0.39 is 10.0 Å². The summed E-state index contributed by atoms with van der Waals surface area (Å²) in [7, 11) is -3.06. The molecule has 1 aliphatic heterocycles. The molecule has 0 unspecified atom stereocenters. The molecule has 1 aromatic heterocycles. The maximum Gasteiger partial charge on any atom is 0.211 e. The lowest BCUT2D eigenvalue weighted by Crippen LogP contribution is -2.28. The van der Waals surface area contributed by atoms with E-state index in [-0.39, 0.29) is 0 Å². The Morgan fingerprint density at radius 1 is 1.59 bits per heavy atom. The highest BCUT2D eigenvalue weighted by Crippen LogP contribution is 2.20. The Morgan fingerprint density at radius 3 is 2.88 bits per heavy atom. The number of hydrogen-bond donors (Lipinski definition) is 1. The Bertz CT molecular complexity index is 483. The molecule has 1 aliphatic rings. The van der Waals surface area contributed by atoms with Crippen LogP contribution in [0.1, 0.15) is 12.1 Å². The molecule has 1 saturated heterocycles. The van der Waals surface area contributed by atoms with E-state index in [1.165, 1.54) is 10.6 Å². The second kappa shape index (κ2) is 4.71. The molecule has 0 aromatic carbocycles. The van der Waals surface area contributed by atoms with Crippen LogP contribution in [0.5, 0.6) is 0 Å². The molecule has 0 radical (unpaired) electrons. The topological polar surface area (TPSA) is 94.1 Å². The summed E-state index contributed by atoms with van der Waals surface area (Å²) >= 11 is 0. The number of nitrogens with zero attached hydrogens (tertiary/aromatic N) is 4. The van der Waals surface area contributed by atoms with E-state index in [4.69, 9.17) is 5.73 Å². The Morgan fingerprint density at radius 2 is 2.35 bits per heavy atom. The number of sulfonamides is 1. The lowest BCUT2D eigenvalue weighted by molar-refractivity contribution is 0.410. The Balaban J connectivity index is 1.94. The van der Waals surface area contributed by atoms with Crippen LogP contribution in [-0.4, -0.2) is 47.1 Å². The third-order valence-corrected chi connectivity index (χ3v) is 4.23. The highest BCUT2D eigenvalue weighted by atomic mass is 32.2. The van der Waals surface area contributed by atoms with E-state index in [9.17, 15) is 8.42 Å². The van der Waals surface area contributed by atoms with Crippen molar-refractivity contribution in [3.63, 3.8) is 0 Å². The number of nitrogens with two attached hydrogens (primary N) is 1. The molecule has 17 heavy (non-hydrogen) atoms. The fourth-order valence-electron chi connectivity index (χ4n) is 2.03. The molecule has 7 nitrogen and oxygen atoms in total. The SMILES string of the molecule is CS(=O)(=O)N1CC[C@@H](Cn2cc(CN)nn2)C1. The summed E-state index contributed by atoms with van der Waals surface area (Å²) in [5.74, 6) is 0.303. The maximum atomic E-state index is 11.4. The monoisotopic (exact) mass is 259 g/mol. The number of hydrogen-bond acceptors (Lipinski definition) is 5. The molecule has 1 fully saturated rings. The smallest absolute Gasteiger partial charge is 0.211 e. The summed E-state index contributed by atoms with van der Waals surface area (Å²) in [6, 6.07) is 0. The average molecular weight is 259 g/mol. The molecule has 0 spiro atoms. The quantitative estimate of drug-likeness (QED) is 0.750. The molecule has 0 aliphatic carbocycles. The predicted octanol–water partition coefficient (Wildman–Crippen LogP) is -0.982. The van der Waals surface area contributed by atoms with Crippen LogP contribution >= 0.6 is 0 Å². The minimum absolute atomic E-state index is 0.303. The van der Waals surface area contributed by atoms with Crippen LogP contribution in [0.15, 0.2) is 6.20 Å². The third kappa shape index (κ3) is 3.02. The summed E-state index contributed by atoms with van der Waals surface area (Å²) < 4.78 is 26.0. The van der Waals surface area contributed by atoms with Gasteiger partial charge in [0.2, 0.25) is 10.0 Å². The Hall–Kier alpha value is -0.990. The van der Waals surface area contributed by atoms with Gasteiger partial charge in [0.15, 0.2) is 0 Å². The summed E-state index contributed by atoms with van der Waals surface area (Å²) in [5.41, 5.74) is 6.20. The highest BCUT2D eigenvalue weighted by Gasteiger charge is 2.28. The first-order chi connectivity index (χ1) is 7.99. The van der Waals surface area contributed by atoms with Crippen molar-refractivity contribution >= 4 is 10.0 Å². The van der Waals surface area contributed by atoms with Gasteiger partial charge in [0.25, 0.3) is 0 Å². The average Bonchev–Trinajstić information content (AvgIpc) is 2.86. The molecule has 2 heterocycles. The molecule has 2 N–H and O–H groups in total. The number of rotatable bonds is 4. The van der Waals surface area contributed by atoms with Crippen molar-refractivity contribution in [2.24, 2.45) is 11.7 Å². The van der Waals surface area contributed by atoms with Crippen molar-refractivity contribution in [1.29, 1.82) is 0 Å². The lowest BCUT2D eigenvalue weighted by Gasteiger charge is -2.12. The minimum Gasteiger partial charge on any atom is -0.325 e. The summed E-state index contributed by atoms with van der Waals surface area (Å²) in [6.45, 7) is 2.23. The first-order valence-corrected chi connectivity index (χ1v) is 7.38. The zero-order valence-electron chi connectivity index (χ0n) is 9.78. The second-order valence-corrected chi connectivity index (χ2v) is 6.39. The van der Waals surface area contributed by atoms with Crippen LogP contribution in [0.3, 0.4) is 0 Å². The zero-order chi connectivity index (χ0) is 12.5. The molecule has 96 valence electrons. The fraction of sp³-hybridized carbons (Fsp3) is 0.778. The third-order valence-electron chi connectivity index (χ3n) is 2.96. The fourth-order valence-corrected chi connectivity index (χ4v) is 2.95. The van der Waals surface area contributed by atoms with Crippen LogP contribution in [-0.2, 0) is 23.1 Å². The maximum absolute atomic E-state index is 11.4. The molecular formula is C9H17N5O2S. The Labute approximate surface area is 101 Å². The normalized spacial score (nSPS) is 22.1. The Kier molecular flexibility index (Phi) is 3.45. The van der Waals surface area contributed by atoms with Gasteiger partial charge in [-0.15, -0.1) is 5.10 Å². The molecule has 1 atom stereocenters. The van der Waals surface area contributed by atoms with Gasteiger partial charge in [-0.25, -0.2) is 12.7 Å². The van der Waals surface area contributed by atoms with E-state index in [1.807, 2.05) is 6.20 Å². The molecule has 0 bridgehead atoms. The predicted molar refractivity (Wildman–Crippen MR) is 62.4 cm³/mol. The van der Waals surface area contributed by atoms with Crippen LogP contribution in [0, 0.1) is 5.92 Å². The summed E-state index contributed by atoms with van der Waals surface area (Å²) in [6.07, 6.45) is 3.92. The van der Waals surface area contributed by atoms with Crippen molar-refractivity contribution in [3.05, 3.63) is 11.9 Å². The van der Waals surface area contributed by atoms with E-state index >= 15 is 0 Å². The second-order valence-electron chi connectivity index (χ2n) is 4.41. The summed E-state index contributed by atoms with van der Waals surface area (Å²) in [5, 5.41) is 7.86. The van der Waals surface area contributed by atoms with E-state index in [0.717, 1.165) is 12.1 Å². The molecule has 8 heteroatoms. The summed E-state index contributed by atoms with van der Waals surface area (Å²) in [4.78, 5) is 0. The first-order valence-electron chi connectivity index (χ1n) is 5.53. The van der Waals surface area contributed by atoms with Crippen molar-refractivity contribution in [2.45, 2.75) is 19.5 Å². The molecule has 0 amide bonds. The van der Waals surface area contributed by atoms with Gasteiger partial charge in [-0.2, -0.15) is 0 Å². The number of aromatic nitrogens is 3. The van der Waals surface area contributed by atoms with E-state index in [1.54, 1.807) is 4.68 Å². The highest BCUT2D eigenvalue weighted by molar-refractivity contribution is 7.88.